The molecule has 2 aliphatic carbocycles. The quantitative estimate of drug-likeness (QED) is 0.371. The Kier molecular flexibility index (Phi) is 8.82. The van der Waals surface area contributed by atoms with Crippen LogP contribution in [-0.2, 0) is 21.7 Å². The summed E-state index contributed by atoms with van der Waals surface area (Å²) in [5.74, 6) is 1.43. The average Bonchev–Trinajstić information content (AvgIpc) is 3.15. The molecular weight excluding hydrogens is 369 g/mol. The third-order valence-corrected chi connectivity index (χ3v) is 8.09. The Morgan fingerprint density at radius 1 is 1.12 bits per heavy atom. The van der Waals surface area contributed by atoms with Gasteiger partial charge >= 0.3 is 21.7 Å². The van der Waals surface area contributed by atoms with Crippen molar-refractivity contribution < 1.29 is 31.1 Å². The number of benzene rings is 1. The van der Waals surface area contributed by atoms with Crippen molar-refractivity contribution in [1.29, 1.82) is 0 Å². The van der Waals surface area contributed by atoms with E-state index in [0.29, 0.717) is 5.92 Å². The molecule has 1 saturated carbocycles. The van der Waals surface area contributed by atoms with Crippen LogP contribution in [0.15, 0.2) is 60.7 Å². The zero-order valence-corrected chi connectivity index (χ0v) is 16.9. The Labute approximate surface area is 165 Å². The number of fused-ring (bicyclic) bond motifs is 2. The van der Waals surface area contributed by atoms with Gasteiger partial charge in [0.25, 0.3) is 0 Å². The topological polar surface area (TPSA) is 0 Å². The summed E-state index contributed by atoms with van der Waals surface area (Å²) in [7, 11) is -0.0640. The second-order valence-corrected chi connectivity index (χ2v) is 9.11. The molecule has 2 aliphatic rings. The molecule has 0 N–H and O–H groups in total. The number of hydrogen-bond acceptors (Lipinski definition) is 0. The molecule has 4 rings (SSSR count). The van der Waals surface area contributed by atoms with E-state index in [-0.39, 0.29) is 39.0 Å². The van der Waals surface area contributed by atoms with Crippen LogP contribution in [0.3, 0.4) is 0 Å². The van der Waals surface area contributed by atoms with Crippen molar-refractivity contribution in [1.82, 2.24) is 0 Å². The summed E-state index contributed by atoms with van der Waals surface area (Å²) >= 11 is 0. The smallest absolute Gasteiger partial charge is 1.00 e. The molecule has 4 heteroatoms. The fraction of sp³-hybridized carbons (Fsp3) is 0.333. The van der Waals surface area contributed by atoms with E-state index in [1.165, 1.54) is 29.8 Å². The average molecular weight is 392 g/mol. The van der Waals surface area contributed by atoms with Crippen LogP contribution in [0.4, 0.5) is 0 Å². The van der Waals surface area contributed by atoms with E-state index in [9.17, 15) is 0 Å². The zero-order chi connectivity index (χ0) is 14.9. The number of halogens is 2. The van der Waals surface area contributed by atoms with Crippen LogP contribution in [0.2, 0.25) is 0 Å². The molecule has 4 atom stereocenters. The van der Waals surface area contributed by atoms with Gasteiger partial charge in [-0.05, 0) is 12.1 Å². The summed E-state index contributed by atoms with van der Waals surface area (Å²) in [4.78, 5) is 0. The maximum Gasteiger partial charge on any atom is 4.00 e. The first-order valence-corrected chi connectivity index (χ1v) is 10.1. The summed E-state index contributed by atoms with van der Waals surface area (Å²) in [6.45, 7) is 2.33. The minimum atomic E-state index is -0.0640. The maximum absolute atomic E-state index is 2.66. The van der Waals surface area contributed by atoms with Gasteiger partial charge in [-0.25, -0.2) is 0 Å². The maximum atomic E-state index is 2.66. The first-order valence-electron chi connectivity index (χ1n) is 8.47. The monoisotopic (exact) mass is 392 g/mol. The fourth-order valence-corrected chi connectivity index (χ4v) is 6.95. The van der Waals surface area contributed by atoms with Crippen LogP contribution in [-0.4, -0.2) is 11.8 Å². The van der Waals surface area contributed by atoms with Crippen molar-refractivity contribution in [2.24, 2.45) is 11.8 Å². The minimum Gasteiger partial charge on any atom is -1.00 e. The van der Waals surface area contributed by atoms with Crippen LogP contribution in [0.5, 0.6) is 0 Å². The summed E-state index contributed by atoms with van der Waals surface area (Å²) in [6.07, 6.45) is 15.9. The Bertz CT molecular complexity index is 669. The largest absolute Gasteiger partial charge is 4.00 e. The van der Waals surface area contributed by atoms with Crippen molar-refractivity contribution in [3.8, 4) is 0 Å². The van der Waals surface area contributed by atoms with Gasteiger partial charge in [0.15, 0.2) is 0 Å². The predicted molar refractivity (Wildman–Crippen MR) is 99.2 cm³/mol. The summed E-state index contributed by atoms with van der Waals surface area (Å²) in [5.41, 5.74) is 0.786. The number of rotatable bonds is 4. The van der Waals surface area contributed by atoms with Crippen LogP contribution >= 0.6 is 7.92 Å². The van der Waals surface area contributed by atoms with Crippen LogP contribution in [0.25, 0.3) is 10.8 Å². The van der Waals surface area contributed by atoms with E-state index in [1.54, 1.807) is 5.30 Å². The van der Waals surface area contributed by atoms with E-state index < -0.39 is 0 Å². The number of hydrogen-bond donors (Lipinski definition) is 0. The zero-order valence-electron chi connectivity index (χ0n) is 14.4. The Balaban J connectivity index is 0.00000104. The van der Waals surface area contributed by atoms with Gasteiger partial charge in [0.05, 0.1) is 0 Å². The van der Waals surface area contributed by atoms with E-state index >= 15 is 0 Å². The van der Waals surface area contributed by atoms with E-state index in [0.717, 1.165) is 11.6 Å². The number of allylic oxidation sites excluding steroid dienone is 4. The van der Waals surface area contributed by atoms with E-state index in [1.807, 2.05) is 0 Å². The van der Waals surface area contributed by atoms with Crippen LogP contribution in [0.1, 0.15) is 19.8 Å². The second kappa shape index (κ2) is 9.86. The van der Waals surface area contributed by atoms with Gasteiger partial charge in [-0.2, -0.15) is 6.07 Å². The van der Waals surface area contributed by atoms with E-state index in [4.69, 9.17) is 0 Å². The van der Waals surface area contributed by atoms with Gasteiger partial charge in [0.2, 0.25) is 0 Å². The van der Waals surface area contributed by atoms with Crippen molar-refractivity contribution in [3.05, 3.63) is 67.1 Å². The first kappa shape index (κ1) is 22.4. The van der Waals surface area contributed by atoms with E-state index in [2.05, 4.69) is 74.0 Å². The van der Waals surface area contributed by atoms with Gasteiger partial charge < -0.3 is 15.8 Å². The second-order valence-electron chi connectivity index (χ2n) is 6.54. The van der Waals surface area contributed by atoms with Crippen molar-refractivity contribution in [2.45, 2.75) is 25.4 Å². The fourth-order valence-electron chi connectivity index (χ4n) is 3.99. The molecule has 0 radical (unpaired) electrons. The Morgan fingerprint density at radius 3 is 2.60 bits per heavy atom. The first-order chi connectivity index (χ1) is 10.8. The van der Waals surface area contributed by atoms with Crippen molar-refractivity contribution in [2.75, 3.05) is 6.16 Å². The molecule has 4 unspecified atom stereocenters. The molecule has 0 bridgehead atoms. The molecule has 25 heavy (non-hydrogen) atoms. The van der Waals surface area contributed by atoms with Gasteiger partial charge in [0.1, 0.15) is 0 Å². The third kappa shape index (κ3) is 4.54. The normalized spacial score (nSPS) is 24.8. The molecule has 2 aromatic carbocycles. The Morgan fingerprint density at radius 2 is 1.88 bits per heavy atom. The van der Waals surface area contributed by atoms with Gasteiger partial charge in [0, 0.05) is 0 Å². The molecule has 0 spiro atoms. The third-order valence-electron chi connectivity index (χ3n) is 5.05. The molecular formula is C21H23F2PTi. The summed E-state index contributed by atoms with van der Waals surface area (Å²) in [5, 5.41) is 4.44. The molecule has 0 amide bonds. The van der Waals surface area contributed by atoms with Gasteiger partial charge in [-0.1, -0.05) is 44.1 Å². The predicted octanol–water partition coefficient (Wildman–Crippen LogP) is -0.584. The molecule has 0 aromatic heterocycles. The van der Waals surface area contributed by atoms with Crippen molar-refractivity contribution >= 4 is 24.0 Å². The van der Waals surface area contributed by atoms with Crippen LogP contribution in [0, 0.1) is 18.3 Å². The van der Waals surface area contributed by atoms with Gasteiger partial charge in [-0.15, -0.1) is 65.9 Å². The molecule has 0 heterocycles. The van der Waals surface area contributed by atoms with Crippen LogP contribution < -0.4 is 14.7 Å². The molecule has 0 aliphatic heterocycles. The van der Waals surface area contributed by atoms with Gasteiger partial charge in [-0.3, -0.25) is 0 Å². The molecule has 1 fully saturated rings. The molecule has 0 nitrogen and oxygen atoms in total. The minimum absolute atomic E-state index is 0. The molecule has 130 valence electrons. The standard InChI is InChI=1S/C21H23P.2FH.Ti/c1-2-11-22(20-12-16-7-3-4-8-17(16)13-20)21-14-18-9-5-6-10-19(18)15-21;;;/h3-10,12-14,18-19,21H,2,11,15H2,1H3;2*1H;/q-2;;;+4/p-2. The Hall–Kier alpha value is -0.686. The SMILES string of the molecule is CCCP(c1cc2ccccc2[cH-]1)C1[CH-]C2C=CC=CC2C1.[F-].[F-].[Ti+4]. The molecule has 2 aromatic rings. The summed E-state index contributed by atoms with van der Waals surface area (Å²) in [6, 6.07) is 13.7. The summed E-state index contributed by atoms with van der Waals surface area (Å²) < 4.78 is 0. The molecule has 0 saturated heterocycles. The van der Waals surface area contributed by atoms with Crippen molar-refractivity contribution in [3.63, 3.8) is 0 Å².